The Morgan fingerprint density at radius 3 is 2.48 bits per heavy atom. The number of hydrogen-bond donors (Lipinski definition) is 3. The molecule has 6 nitrogen and oxygen atoms in total. The lowest BCUT2D eigenvalue weighted by atomic mass is 9.46. The molecule has 7 atom stereocenters. The maximum Gasteiger partial charge on any atom is 0.306 e. The van der Waals surface area contributed by atoms with Gasteiger partial charge < -0.3 is 15.3 Å². The van der Waals surface area contributed by atoms with Crippen molar-refractivity contribution >= 4 is 17.5 Å². The molecule has 4 rings (SSSR count). The van der Waals surface area contributed by atoms with Crippen LogP contribution in [-0.4, -0.2) is 44.6 Å². The number of rotatable bonds is 4. The molecular formula is C23H32O6. The number of aliphatic hydroxyl groups excluding tert-OH is 1. The summed E-state index contributed by atoms with van der Waals surface area (Å²) < 4.78 is 0. The average molecular weight is 405 g/mol. The second kappa shape index (κ2) is 6.74. The Morgan fingerprint density at radius 2 is 1.79 bits per heavy atom. The number of carboxylic acid groups (broad SMARTS) is 1. The number of hydrogen-bond acceptors (Lipinski definition) is 5. The van der Waals surface area contributed by atoms with Gasteiger partial charge in [0.05, 0.1) is 6.42 Å². The summed E-state index contributed by atoms with van der Waals surface area (Å²) >= 11 is 0. The minimum atomic E-state index is -1.67. The summed E-state index contributed by atoms with van der Waals surface area (Å²) in [5.74, 6) is -0.760. The van der Waals surface area contributed by atoms with Crippen molar-refractivity contribution in [3.63, 3.8) is 0 Å². The van der Waals surface area contributed by atoms with E-state index in [9.17, 15) is 24.6 Å². The summed E-state index contributed by atoms with van der Waals surface area (Å²) in [6.45, 7) is 4.25. The zero-order valence-corrected chi connectivity index (χ0v) is 17.3. The highest BCUT2D eigenvalue weighted by Gasteiger charge is 2.66. The number of ketones is 2. The summed E-state index contributed by atoms with van der Waals surface area (Å²) in [7, 11) is 0. The number of allylic oxidation sites excluding steroid dienone is 1. The molecule has 0 amide bonds. The SMILES string of the molecule is C[C@]12CCC(=O)C=C1CC[C@@H]1[C@@H]2CC[C@@]2(C)[C@H]1CC[C@]2(O)C(=O)C(O)CC(=O)O. The maximum atomic E-state index is 12.9. The first kappa shape index (κ1) is 20.7. The first-order valence-corrected chi connectivity index (χ1v) is 10.9. The second-order valence-corrected chi connectivity index (χ2v) is 10.3. The van der Waals surface area contributed by atoms with Gasteiger partial charge >= 0.3 is 5.97 Å². The molecule has 0 heterocycles. The third-order valence-corrected chi connectivity index (χ3v) is 9.19. The van der Waals surface area contributed by atoms with Crippen molar-refractivity contribution in [3.05, 3.63) is 11.6 Å². The maximum absolute atomic E-state index is 12.9. The van der Waals surface area contributed by atoms with E-state index in [2.05, 4.69) is 6.92 Å². The van der Waals surface area contributed by atoms with Gasteiger partial charge in [0.25, 0.3) is 0 Å². The molecule has 4 aliphatic carbocycles. The molecule has 4 aliphatic rings. The van der Waals surface area contributed by atoms with Crippen molar-refractivity contribution in [2.45, 2.75) is 83.3 Å². The number of carbonyl (C=O) groups is 3. The van der Waals surface area contributed by atoms with Gasteiger partial charge in [0.1, 0.15) is 11.7 Å². The number of aliphatic carboxylic acids is 1. The first-order valence-electron chi connectivity index (χ1n) is 10.9. The normalized spacial score (nSPS) is 44.9. The van der Waals surface area contributed by atoms with E-state index >= 15 is 0 Å². The van der Waals surface area contributed by atoms with Crippen LogP contribution in [0.2, 0.25) is 0 Å². The van der Waals surface area contributed by atoms with Gasteiger partial charge in [0, 0.05) is 11.8 Å². The fourth-order valence-corrected chi connectivity index (χ4v) is 7.51. The zero-order chi connectivity index (χ0) is 21.2. The quantitative estimate of drug-likeness (QED) is 0.664. The molecule has 0 aliphatic heterocycles. The van der Waals surface area contributed by atoms with Gasteiger partial charge in [-0.2, -0.15) is 0 Å². The number of carboxylic acids is 1. The Labute approximate surface area is 171 Å². The molecule has 0 aromatic rings. The smallest absolute Gasteiger partial charge is 0.306 e. The predicted octanol–water partition coefficient (Wildman–Crippen LogP) is 2.65. The molecule has 3 N–H and O–H groups in total. The molecule has 29 heavy (non-hydrogen) atoms. The van der Waals surface area contributed by atoms with E-state index in [1.165, 1.54) is 5.57 Å². The Bertz CT molecular complexity index is 786. The van der Waals surface area contributed by atoms with Gasteiger partial charge in [-0.3, -0.25) is 14.4 Å². The number of Topliss-reactive ketones (excluding diaryl/α,β-unsaturated/α-hetero) is 1. The Balaban J connectivity index is 1.62. The van der Waals surface area contributed by atoms with Crippen molar-refractivity contribution in [2.75, 3.05) is 0 Å². The third kappa shape index (κ3) is 2.86. The highest BCUT2D eigenvalue weighted by molar-refractivity contribution is 5.94. The van der Waals surface area contributed by atoms with E-state index in [0.29, 0.717) is 31.1 Å². The van der Waals surface area contributed by atoms with Gasteiger partial charge in [-0.25, -0.2) is 0 Å². The van der Waals surface area contributed by atoms with Crippen LogP contribution in [0.15, 0.2) is 11.6 Å². The Morgan fingerprint density at radius 1 is 1.10 bits per heavy atom. The molecule has 6 heteroatoms. The van der Waals surface area contributed by atoms with E-state index in [4.69, 9.17) is 5.11 Å². The lowest BCUT2D eigenvalue weighted by molar-refractivity contribution is -0.171. The van der Waals surface area contributed by atoms with E-state index in [1.807, 2.05) is 13.0 Å². The molecular weight excluding hydrogens is 372 g/mol. The molecule has 3 saturated carbocycles. The van der Waals surface area contributed by atoms with Gasteiger partial charge in [-0.15, -0.1) is 0 Å². The summed E-state index contributed by atoms with van der Waals surface area (Å²) in [6.07, 6.45) is 5.40. The topological polar surface area (TPSA) is 112 Å². The third-order valence-electron chi connectivity index (χ3n) is 9.19. The van der Waals surface area contributed by atoms with Gasteiger partial charge in [-0.05, 0) is 74.2 Å². The summed E-state index contributed by atoms with van der Waals surface area (Å²) in [4.78, 5) is 35.8. The van der Waals surface area contributed by atoms with Crippen molar-refractivity contribution in [2.24, 2.45) is 28.6 Å². The number of fused-ring (bicyclic) bond motifs is 5. The molecule has 3 fully saturated rings. The largest absolute Gasteiger partial charge is 0.481 e. The van der Waals surface area contributed by atoms with Gasteiger partial charge in [-0.1, -0.05) is 19.4 Å². The lowest BCUT2D eigenvalue weighted by Gasteiger charge is -2.59. The highest BCUT2D eigenvalue weighted by atomic mass is 16.4. The first-order chi connectivity index (χ1) is 13.5. The van der Waals surface area contributed by atoms with Gasteiger partial charge in [0.15, 0.2) is 11.6 Å². The molecule has 1 unspecified atom stereocenters. The molecule has 0 bridgehead atoms. The summed E-state index contributed by atoms with van der Waals surface area (Å²) in [5, 5.41) is 30.5. The van der Waals surface area contributed by atoms with Crippen LogP contribution in [-0.2, 0) is 14.4 Å². The fourth-order valence-electron chi connectivity index (χ4n) is 7.51. The molecule has 160 valence electrons. The van der Waals surface area contributed by atoms with Crippen LogP contribution in [0.5, 0.6) is 0 Å². The van der Waals surface area contributed by atoms with Gasteiger partial charge in [0.2, 0.25) is 0 Å². The molecule has 0 aromatic carbocycles. The van der Waals surface area contributed by atoms with Crippen LogP contribution >= 0.6 is 0 Å². The Kier molecular flexibility index (Phi) is 4.82. The van der Waals surface area contributed by atoms with Crippen LogP contribution in [0.3, 0.4) is 0 Å². The summed E-state index contributed by atoms with van der Waals surface area (Å²) in [6, 6.07) is 0. The minimum Gasteiger partial charge on any atom is -0.481 e. The van der Waals surface area contributed by atoms with Crippen molar-refractivity contribution in [1.29, 1.82) is 0 Å². The number of carbonyl (C=O) groups excluding carboxylic acids is 2. The molecule has 0 spiro atoms. The highest BCUT2D eigenvalue weighted by Crippen LogP contribution is 2.67. The van der Waals surface area contributed by atoms with Crippen molar-refractivity contribution in [3.8, 4) is 0 Å². The van der Waals surface area contributed by atoms with Crippen LogP contribution < -0.4 is 0 Å². The molecule has 0 saturated heterocycles. The molecule has 0 aromatic heterocycles. The van der Waals surface area contributed by atoms with E-state index in [1.54, 1.807) is 0 Å². The molecule has 0 radical (unpaired) electrons. The average Bonchev–Trinajstić information content (AvgIpc) is 2.93. The van der Waals surface area contributed by atoms with Crippen molar-refractivity contribution < 1.29 is 29.7 Å². The second-order valence-electron chi connectivity index (χ2n) is 10.3. The Hall–Kier alpha value is -1.53. The zero-order valence-electron chi connectivity index (χ0n) is 17.3. The van der Waals surface area contributed by atoms with E-state index < -0.39 is 35.3 Å². The lowest BCUT2D eigenvalue weighted by Crippen LogP contribution is -2.59. The van der Waals surface area contributed by atoms with Crippen LogP contribution in [0.1, 0.15) is 71.6 Å². The minimum absolute atomic E-state index is 0.0195. The van der Waals surface area contributed by atoms with E-state index in [-0.39, 0.29) is 23.5 Å². The fraction of sp³-hybridized carbons (Fsp3) is 0.783. The monoisotopic (exact) mass is 404 g/mol. The standard InChI is InChI=1S/C23H32O6/c1-21-8-5-14(24)11-13(21)3-4-15-16(21)6-9-22(2)17(15)7-10-23(22,29)20(28)18(25)12-19(26)27/h11,15-18,25,29H,3-10,12H2,1-2H3,(H,26,27)/t15-,16+,17+,18?,21+,22+,23+/m1/s1. The van der Waals surface area contributed by atoms with Crippen LogP contribution in [0.4, 0.5) is 0 Å². The van der Waals surface area contributed by atoms with Crippen LogP contribution in [0.25, 0.3) is 0 Å². The van der Waals surface area contributed by atoms with E-state index in [0.717, 1.165) is 25.7 Å². The van der Waals surface area contributed by atoms with Crippen LogP contribution in [0, 0.1) is 28.6 Å². The summed E-state index contributed by atoms with van der Waals surface area (Å²) in [5.41, 5.74) is -1.02. The van der Waals surface area contributed by atoms with Crippen molar-refractivity contribution in [1.82, 2.24) is 0 Å². The number of aliphatic hydroxyl groups is 2. The predicted molar refractivity (Wildman–Crippen MR) is 105 cm³/mol.